The van der Waals surface area contributed by atoms with Crippen LogP contribution in [0.5, 0.6) is 0 Å². The zero-order chi connectivity index (χ0) is 14.8. The van der Waals surface area contributed by atoms with Crippen LogP contribution < -0.4 is 5.73 Å². The third-order valence-corrected chi connectivity index (χ3v) is 4.74. The molecule has 1 aromatic carbocycles. The highest BCUT2D eigenvalue weighted by Crippen LogP contribution is 2.38. The first-order valence-corrected chi connectivity index (χ1v) is 7.94. The van der Waals surface area contributed by atoms with Gasteiger partial charge in [0.2, 0.25) is 0 Å². The molecule has 21 heavy (non-hydrogen) atoms. The van der Waals surface area contributed by atoms with Gasteiger partial charge in [0.1, 0.15) is 0 Å². The van der Waals surface area contributed by atoms with Crippen molar-refractivity contribution in [2.75, 3.05) is 5.73 Å². The molecule has 112 valence electrons. The molecule has 1 aliphatic rings. The Balaban J connectivity index is 1.86. The van der Waals surface area contributed by atoms with Gasteiger partial charge in [0, 0.05) is 11.6 Å². The summed E-state index contributed by atoms with van der Waals surface area (Å²) in [7, 11) is 0. The van der Waals surface area contributed by atoms with Crippen molar-refractivity contribution < 1.29 is 4.52 Å². The lowest BCUT2D eigenvalue weighted by Crippen LogP contribution is -2.14. The summed E-state index contributed by atoms with van der Waals surface area (Å²) in [5.74, 6) is 2.38. The van der Waals surface area contributed by atoms with E-state index in [4.69, 9.17) is 21.9 Å². The quantitative estimate of drug-likeness (QED) is 0.838. The van der Waals surface area contributed by atoms with Crippen molar-refractivity contribution in [2.45, 2.75) is 44.9 Å². The molecule has 0 bridgehead atoms. The molecule has 1 fully saturated rings. The van der Waals surface area contributed by atoms with E-state index >= 15 is 0 Å². The van der Waals surface area contributed by atoms with Crippen molar-refractivity contribution in [3.8, 4) is 11.5 Å². The predicted octanol–water partition coefficient (Wildman–Crippen LogP) is 4.66. The number of hydrogen-bond acceptors (Lipinski definition) is 4. The van der Waals surface area contributed by atoms with Crippen molar-refractivity contribution in [1.29, 1.82) is 0 Å². The average molecular weight is 306 g/mol. The molecule has 0 amide bonds. The van der Waals surface area contributed by atoms with Crippen molar-refractivity contribution in [3.63, 3.8) is 0 Å². The van der Waals surface area contributed by atoms with E-state index in [0.29, 0.717) is 28.1 Å². The largest absolute Gasteiger partial charge is 0.398 e. The van der Waals surface area contributed by atoms with Crippen molar-refractivity contribution in [1.82, 2.24) is 10.1 Å². The van der Waals surface area contributed by atoms with Crippen LogP contribution in [0.3, 0.4) is 0 Å². The fraction of sp³-hybridized carbons (Fsp3) is 0.500. The maximum atomic E-state index is 6.20. The minimum atomic E-state index is 0.393. The van der Waals surface area contributed by atoms with Gasteiger partial charge in [0.25, 0.3) is 5.89 Å². The van der Waals surface area contributed by atoms with Crippen LogP contribution in [0.4, 0.5) is 5.69 Å². The highest BCUT2D eigenvalue weighted by atomic mass is 35.5. The normalized spacial score (nSPS) is 22.4. The highest BCUT2D eigenvalue weighted by molar-refractivity contribution is 6.33. The van der Waals surface area contributed by atoms with Crippen LogP contribution in [-0.4, -0.2) is 10.1 Å². The molecule has 1 aliphatic carbocycles. The number of halogens is 1. The third-order valence-electron chi connectivity index (χ3n) is 4.43. The average Bonchev–Trinajstić information content (AvgIpc) is 2.97. The summed E-state index contributed by atoms with van der Waals surface area (Å²) in [4.78, 5) is 4.55. The van der Waals surface area contributed by atoms with E-state index in [1.54, 1.807) is 12.1 Å². The van der Waals surface area contributed by atoms with Crippen molar-refractivity contribution >= 4 is 17.3 Å². The minimum Gasteiger partial charge on any atom is -0.398 e. The van der Waals surface area contributed by atoms with Crippen molar-refractivity contribution in [2.24, 2.45) is 5.92 Å². The van der Waals surface area contributed by atoms with Crippen LogP contribution in [0.25, 0.3) is 11.5 Å². The monoisotopic (exact) mass is 305 g/mol. The minimum absolute atomic E-state index is 0.393. The Morgan fingerprint density at radius 2 is 2.24 bits per heavy atom. The van der Waals surface area contributed by atoms with E-state index in [-0.39, 0.29) is 0 Å². The number of rotatable bonds is 3. The summed E-state index contributed by atoms with van der Waals surface area (Å²) in [5.41, 5.74) is 7.17. The SMILES string of the molecule is CCC1CCCC(c2noc(-c3c(N)cccc3Cl)n2)C1. The molecule has 3 rings (SSSR count). The second-order valence-electron chi connectivity index (χ2n) is 5.80. The Kier molecular flexibility index (Phi) is 4.15. The Bertz CT molecular complexity index is 605. The number of nitrogen functional groups attached to an aromatic ring is 1. The number of aromatic nitrogens is 2. The fourth-order valence-corrected chi connectivity index (χ4v) is 3.43. The Morgan fingerprint density at radius 1 is 1.38 bits per heavy atom. The van der Waals surface area contributed by atoms with Crippen LogP contribution >= 0.6 is 11.6 Å². The first kappa shape index (κ1) is 14.4. The van der Waals surface area contributed by atoms with E-state index in [0.717, 1.165) is 24.6 Å². The molecule has 2 unspecified atom stereocenters. The van der Waals surface area contributed by atoms with E-state index in [1.807, 2.05) is 6.07 Å². The van der Waals surface area contributed by atoms with E-state index in [9.17, 15) is 0 Å². The molecule has 0 radical (unpaired) electrons. The number of nitrogens with zero attached hydrogens (tertiary/aromatic N) is 2. The summed E-state index contributed by atoms with van der Waals surface area (Å²) in [6, 6.07) is 5.38. The van der Waals surface area contributed by atoms with Gasteiger partial charge in [0.15, 0.2) is 5.82 Å². The van der Waals surface area contributed by atoms with E-state index in [2.05, 4.69) is 17.1 Å². The lowest BCUT2D eigenvalue weighted by atomic mass is 9.80. The van der Waals surface area contributed by atoms with E-state index < -0.39 is 0 Å². The highest BCUT2D eigenvalue weighted by Gasteiger charge is 2.26. The van der Waals surface area contributed by atoms with Crippen LogP contribution in [-0.2, 0) is 0 Å². The van der Waals surface area contributed by atoms with Crippen LogP contribution in [0, 0.1) is 5.92 Å². The molecule has 5 heteroatoms. The molecular weight excluding hydrogens is 286 g/mol. The maximum Gasteiger partial charge on any atom is 0.261 e. The number of nitrogens with two attached hydrogens (primary N) is 1. The zero-order valence-corrected chi connectivity index (χ0v) is 12.9. The van der Waals surface area contributed by atoms with Gasteiger partial charge in [-0.2, -0.15) is 4.98 Å². The van der Waals surface area contributed by atoms with Gasteiger partial charge in [0.05, 0.1) is 10.6 Å². The number of hydrogen-bond donors (Lipinski definition) is 1. The second-order valence-corrected chi connectivity index (χ2v) is 6.21. The molecule has 0 spiro atoms. The Labute approximate surface area is 129 Å². The summed E-state index contributed by atoms with van der Waals surface area (Å²) >= 11 is 6.20. The number of anilines is 1. The lowest BCUT2D eigenvalue weighted by molar-refractivity contribution is 0.300. The third kappa shape index (κ3) is 2.91. The van der Waals surface area contributed by atoms with Crippen LogP contribution in [0.2, 0.25) is 5.02 Å². The first-order chi connectivity index (χ1) is 10.2. The molecule has 2 atom stereocenters. The lowest BCUT2D eigenvalue weighted by Gasteiger charge is -2.26. The Morgan fingerprint density at radius 3 is 3.00 bits per heavy atom. The Hall–Kier alpha value is -1.55. The summed E-state index contributed by atoms with van der Waals surface area (Å²) < 4.78 is 5.41. The van der Waals surface area contributed by atoms with Gasteiger partial charge in [-0.25, -0.2) is 0 Å². The second kappa shape index (κ2) is 6.06. The van der Waals surface area contributed by atoms with E-state index in [1.165, 1.54) is 19.3 Å². The molecular formula is C16H20ClN3O. The maximum absolute atomic E-state index is 6.20. The smallest absolute Gasteiger partial charge is 0.261 e. The number of benzene rings is 1. The first-order valence-electron chi connectivity index (χ1n) is 7.57. The van der Waals surface area contributed by atoms with Gasteiger partial charge in [-0.15, -0.1) is 0 Å². The van der Waals surface area contributed by atoms with Gasteiger partial charge in [-0.3, -0.25) is 0 Å². The summed E-state index contributed by atoms with van der Waals surface area (Å²) in [6.45, 7) is 2.25. The van der Waals surface area contributed by atoms with Crippen LogP contribution in [0.15, 0.2) is 22.7 Å². The molecule has 2 aromatic rings. The summed E-state index contributed by atoms with van der Waals surface area (Å²) in [6.07, 6.45) is 6.05. The van der Waals surface area contributed by atoms with Gasteiger partial charge >= 0.3 is 0 Å². The van der Waals surface area contributed by atoms with Crippen molar-refractivity contribution in [3.05, 3.63) is 29.0 Å². The van der Waals surface area contributed by atoms with Gasteiger partial charge < -0.3 is 10.3 Å². The molecule has 1 aromatic heterocycles. The molecule has 2 N–H and O–H groups in total. The van der Waals surface area contributed by atoms with Crippen LogP contribution in [0.1, 0.15) is 50.8 Å². The molecule has 1 saturated carbocycles. The molecule has 1 heterocycles. The molecule has 0 aliphatic heterocycles. The predicted molar refractivity (Wildman–Crippen MR) is 84.1 cm³/mol. The summed E-state index contributed by atoms with van der Waals surface area (Å²) in [5, 5.41) is 4.71. The zero-order valence-electron chi connectivity index (χ0n) is 12.2. The van der Waals surface area contributed by atoms with Gasteiger partial charge in [-0.1, -0.05) is 49.0 Å². The fourth-order valence-electron chi connectivity index (χ4n) is 3.16. The van der Waals surface area contributed by atoms with Gasteiger partial charge in [-0.05, 0) is 30.9 Å². The molecule has 4 nitrogen and oxygen atoms in total. The topological polar surface area (TPSA) is 64.9 Å². The standard InChI is InChI=1S/C16H20ClN3O/c1-2-10-5-3-6-11(9-10)15-19-16(21-20-15)14-12(17)7-4-8-13(14)18/h4,7-8,10-11H,2-3,5-6,9,18H2,1H3. The molecule has 0 saturated heterocycles.